The van der Waals surface area contributed by atoms with E-state index >= 15 is 0 Å². The predicted molar refractivity (Wildman–Crippen MR) is 168 cm³/mol. The molecule has 0 bridgehead atoms. The average Bonchev–Trinajstić information content (AvgIpc) is 3.66. The molecule has 5 rings (SSSR count). The van der Waals surface area contributed by atoms with Crippen LogP contribution in [0.5, 0.6) is 0 Å². The van der Waals surface area contributed by atoms with Crippen molar-refractivity contribution in [2.45, 2.75) is 76.7 Å². The third kappa shape index (κ3) is 7.45. The number of ether oxygens (including phenoxy) is 1. The van der Waals surface area contributed by atoms with E-state index in [9.17, 15) is 14.4 Å². The summed E-state index contributed by atoms with van der Waals surface area (Å²) in [6.07, 6.45) is 2.42. The van der Waals surface area contributed by atoms with E-state index in [1.54, 1.807) is 11.8 Å². The lowest BCUT2D eigenvalue weighted by Crippen LogP contribution is -2.63. The zero-order chi connectivity index (χ0) is 30.5. The molecule has 0 radical (unpaired) electrons. The van der Waals surface area contributed by atoms with Crippen LogP contribution in [-0.2, 0) is 25.7 Å². The van der Waals surface area contributed by atoms with Gasteiger partial charge in [0, 0.05) is 28.8 Å². The van der Waals surface area contributed by atoms with Crippen LogP contribution in [0, 0.1) is 5.92 Å². The molecule has 5 atom stereocenters. The van der Waals surface area contributed by atoms with Crippen LogP contribution in [0.3, 0.4) is 0 Å². The minimum absolute atomic E-state index is 0.0758. The van der Waals surface area contributed by atoms with Crippen molar-refractivity contribution in [3.63, 3.8) is 0 Å². The molecular weight excluding hydrogens is 564 g/mol. The summed E-state index contributed by atoms with van der Waals surface area (Å²) in [5, 5.41) is 6.40. The Hall–Kier alpha value is -3.28. The SMILES string of the molecule is CC(=O)C(C)c1ccc(CNC(=O)[C@@H]2CN(C3=N[C@@H](C)[C@H](c4ccccc4)O3)CCN2C(=O)[C@H](N)CC2CCNCC2)s1. The maximum Gasteiger partial charge on any atom is 0.288 e. The molecule has 10 nitrogen and oxygen atoms in total. The van der Waals surface area contributed by atoms with Gasteiger partial charge in [-0.1, -0.05) is 37.3 Å². The van der Waals surface area contributed by atoms with Crippen molar-refractivity contribution < 1.29 is 19.1 Å². The molecular formula is C32H44N6O4S. The third-order valence-electron chi connectivity index (χ3n) is 8.87. The van der Waals surface area contributed by atoms with Crippen LogP contribution in [0.2, 0.25) is 0 Å². The Kier molecular flexibility index (Phi) is 10.1. The van der Waals surface area contributed by atoms with Crippen LogP contribution < -0.4 is 16.4 Å². The summed E-state index contributed by atoms with van der Waals surface area (Å²) in [6.45, 7) is 8.81. The summed E-state index contributed by atoms with van der Waals surface area (Å²) in [4.78, 5) is 49.6. The highest BCUT2D eigenvalue weighted by atomic mass is 32.1. The van der Waals surface area contributed by atoms with Gasteiger partial charge in [-0.25, -0.2) is 4.99 Å². The van der Waals surface area contributed by atoms with Crippen LogP contribution in [0.4, 0.5) is 0 Å². The van der Waals surface area contributed by atoms with Crippen molar-refractivity contribution in [1.82, 2.24) is 20.4 Å². The molecule has 11 heteroatoms. The molecule has 232 valence electrons. The molecule has 1 aromatic heterocycles. The number of hydrogen-bond donors (Lipinski definition) is 3. The predicted octanol–water partition coefficient (Wildman–Crippen LogP) is 2.80. The van der Waals surface area contributed by atoms with Crippen molar-refractivity contribution in [3.05, 3.63) is 57.8 Å². The van der Waals surface area contributed by atoms with E-state index in [0.717, 1.165) is 41.2 Å². The van der Waals surface area contributed by atoms with E-state index in [1.165, 1.54) is 11.3 Å². The lowest BCUT2D eigenvalue weighted by Gasteiger charge is -2.42. The smallest absolute Gasteiger partial charge is 0.288 e. The maximum atomic E-state index is 13.7. The van der Waals surface area contributed by atoms with Crippen molar-refractivity contribution in [3.8, 4) is 0 Å². The normalized spacial score (nSPS) is 24.2. The third-order valence-corrected chi connectivity index (χ3v) is 10.1. The van der Waals surface area contributed by atoms with Gasteiger partial charge in [0.15, 0.2) is 0 Å². The van der Waals surface area contributed by atoms with Gasteiger partial charge in [-0.3, -0.25) is 14.4 Å². The summed E-state index contributed by atoms with van der Waals surface area (Å²) >= 11 is 1.52. The number of piperazine rings is 1. The lowest BCUT2D eigenvalue weighted by molar-refractivity contribution is -0.144. The summed E-state index contributed by atoms with van der Waals surface area (Å²) in [5.41, 5.74) is 7.54. The lowest BCUT2D eigenvalue weighted by atomic mass is 9.90. The Morgan fingerprint density at radius 2 is 1.88 bits per heavy atom. The standard InChI is InChI=1S/C32H44N6O4S/c1-20(22(3)39)28-10-9-25(43-28)18-35-30(40)27-19-37(32-36-21(2)29(42-32)24-7-5-4-6-8-24)15-16-38(27)31(41)26(33)17-23-11-13-34-14-12-23/h4-10,20-21,23,26-27,29,34H,11-19,33H2,1-3H3,(H,35,40)/t20?,21-,26+,27-,29+/m0/s1. The summed E-state index contributed by atoms with van der Waals surface area (Å²) in [6, 6.07) is 12.9. The molecule has 0 aliphatic carbocycles. The number of ketones is 1. The van der Waals surface area contributed by atoms with Gasteiger partial charge in [0.05, 0.1) is 25.2 Å². The number of Topliss-reactive ketones (excluding diaryl/α,β-unsaturated/α-hetero) is 1. The van der Waals surface area contributed by atoms with Crippen molar-refractivity contribution in [2.75, 3.05) is 32.7 Å². The first kappa shape index (κ1) is 31.2. The number of nitrogens with one attached hydrogen (secondary N) is 2. The topological polar surface area (TPSA) is 129 Å². The first-order valence-electron chi connectivity index (χ1n) is 15.4. The van der Waals surface area contributed by atoms with Gasteiger partial charge >= 0.3 is 0 Å². The molecule has 0 saturated carbocycles. The van der Waals surface area contributed by atoms with Crippen molar-refractivity contribution in [1.29, 1.82) is 0 Å². The van der Waals surface area contributed by atoms with Gasteiger partial charge in [0.1, 0.15) is 17.9 Å². The molecule has 4 N–H and O–H groups in total. The molecule has 43 heavy (non-hydrogen) atoms. The van der Waals surface area contributed by atoms with Crippen molar-refractivity contribution >= 4 is 35.0 Å². The first-order chi connectivity index (χ1) is 20.7. The Bertz CT molecular complexity index is 1310. The van der Waals surface area contributed by atoms with E-state index in [2.05, 4.69) is 10.6 Å². The Labute approximate surface area is 258 Å². The first-order valence-corrected chi connectivity index (χ1v) is 16.2. The number of carbonyl (C=O) groups is 3. The van der Waals surface area contributed by atoms with Crippen LogP contribution in [-0.4, -0.2) is 84.3 Å². The van der Waals surface area contributed by atoms with Gasteiger partial charge in [0.25, 0.3) is 6.02 Å². The minimum atomic E-state index is -0.742. The maximum absolute atomic E-state index is 13.7. The molecule has 3 aliphatic rings. The second kappa shape index (κ2) is 14.0. The number of benzene rings is 1. The van der Waals surface area contributed by atoms with Gasteiger partial charge in [0.2, 0.25) is 11.8 Å². The average molecular weight is 609 g/mol. The van der Waals surface area contributed by atoms with E-state index in [-0.39, 0.29) is 42.2 Å². The molecule has 2 fully saturated rings. The van der Waals surface area contributed by atoms with E-state index in [4.69, 9.17) is 15.5 Å². The minimum Gasteiger partial charge on any atom is -0.455 e. The van der Waals surface area contributed by atoms with Gasteiger partial charge in [-0.05, 0) is 69.8 Å². The van der Waals surface area contributed by atoms with E-state index in [0.29, 0.717) is 38.0 Å². The highest BCUT2D eigenvalue weighted by Crippen LogP contribution is 2.31. The molecule has 1 unspecified atom stereocenters. The summed E-state index contributed by atoms with van der Waals surface area (Å²) in [5.74, 6) is -0.0950. The molecule has 2 saturated heterocycles. The Balaban J connectivity index is 1.28. The highest BCUT2D eigenvalue weighted by Gasteiger charge is 2.41. The molecule has 1 aromatic carbocycles. The monoisotopic (exact) mass is 608 g/mol. The highest BCUT2D eigenvalue weighted by molar-refractivity contribution is 7.12. The van der Waals surface area contributed by atoms with Crippen LogP contribution in [0.1, 0.15) is 67.4 Å². The number of piperidine rings is 1. The fraction of sp³-hybridized carbons (Fsp3) is 0.562. The number of hydrogen-bond acceptors (Lipinski definition) is 9. The van der Waals surface area contributed by atoms with E-state index in [1.807, 2.05) is 61.2 Å². The number of rotatable bonds is 9. The number of nitrogens with zero attached hydrogens (tertiary/aromatic N) is 3. The van der Waals surface area contributed by atoms with Crippen molar-refractivity contribution in [2.24, 2.45) is 16.6 Å². The van der Waals surface area contributed by atoms with E-state index < -0.39 is 12.1 Å². The zero-order valence-corrected chi connectivity index (χ0v) is 26.1. The fourth-order valence-corrected chi connectivity index (χ4v) is 7.14. The number of aliphatic imine (C=N–C) groups is 1. The number of nitrogens with two attached hydrogens (primary N) is 1. The molecule has 2 amide bonds. The fourth-order valence-electron chi connectivity index (χ4n) is 6.08. The van der Waals surface area contributed by atoms with Gasteiger partial charge < -0.3 is 30.9 Å². The summed E-state index contributed by atoms with van der Waals surface area (Å²) < 4.78 is 6.33. The number of carbonyl (C=O) groups excluding carboxylic acids is 3. The van der Waals surface area contributed by atoms with Gasteiger partial charge in [-0.15, -0.1) is 11.3 Å². The van der Waals surface area contributed by atoms with Crippen LogP contribution in [0.15, 0.2) is 47.5 Å². The Morgan fingerprint density at radius 1 is 1.14 bits per heavy atom. The second-order valence-electron chi connectivity index (χ2n) is 12.0. The van der Waals surface area contributed by atoms with Crippen LogP contribution in [0.25, 0.3) is 0 Å². The largest absolute Gasteiger partial charge is 0.455 e. The quantitative estimate of drug-likeness (QED) is 0.399. The zero-order valence-electron chi connectivity index (χ0n) is 25.3. The molecule has 0 spiro atoms. The number of amidine groups is 1. The number of thiophene rings is 1. The van der Waals surface area contributed by atoms with Crippen LogP contribution >= 0.6 is 11.3 Å². The molecule has 4 heterocycles. The number of amides is 2. The molecule has 2 aromatic rings. The molecule has 3 aliphatic heterocycles. The van der Waals surface area contributed by atoms with Gasteiger partial charge in [-0.2, -0.15) is 0 Å². The summed E-state index contributed by atoms with van der Waals surface area (Å²) in [7, 11) is 0. The second-order valence-corrected chi connectivity index (χ2v) is 13.2. The Morgan fingerprint density at radius 3 is 2.60 bits per heavy atom.